The number of hydrogen-bond donors (Lipinski definition) is 1. The number of benzene rings is 1. The SMILES string of the molecule is COc1ccc(CSc2nccnc2N)cc1C#N. The van der Waals surface area contributed by atoms with Crippen LogP contribution in [0.4, 0.5) is 5.82 Å². The van der Waals surface area contributed by atoms with E-state index in [1.807, 2.05) is 6.07 Å². The van der Waals surface area contributed by atoms with E-state index >= 15 is 0 Å². The molecule has 0 radical (unpaired) electrons. The van der Waals surface area contributed by atoms with E-state index in [-0.39, 0.29) is 0 Å². The van der Waals surface area contributed by atoms with Gasteiger partial charge in [-0.3, -0.25) is 0 Å². The van der Waals surface area contributed by atoms with Gasteiger partial charge in [0.05, 0.1) is 12.7 Å². The molecule has 0 spiro atoms. The Morgan fingerprint density at radius 3 is 2.84 bits per heavy atom. The molecule has 0 aliphatic rings. The summed E-state index contributed by atoms with van der Waals surface area (Å²) in [6.07, 6.45) is 3.16. The van der Waals surface area contributed by atoms with Gasteiger partial charge in [-0.15, -0.1) is 0 Å². The molecule has 96 valence electrons. The van der Waals surface area contributed by atoms with Crippen LogP contribution < -0.4 is 10.5 Å². The van der Waals surface area contributed by atoms with Crippen molar-refractivity contribution in [1.82, 2.24) is 9.97 Å². The summed E-state index contributed by atoms with van der Waals surface area (Å²) < 4.78 is 5.10. The van der Waals surface area contributed by atoms with Crippen molar-refractivity contribution in [3.05, 3.63) is 41.7 Å². The van der Waals surface area contributed by atoms with Crippen molar-refractivity contribution in [2.75, 3.05) is 12.8 Å². The first kappa shape index (κ1) is 13.2. The number of anilines is 1. The van der Waals surface area contributed by atoms with Crippen LogP contribution in [0.25, 0.3) is 0 Å². The number of hydrogen-bond acceptors (Lipinski definition) is 6. The lowest BCUT2D eigenvalue weighted by molar-refractivity contribution is 0.413. The minimum atomic E-state index is 0.418. The van der Waals surface area contributed by atoms with Crippen LogP contribution in [0, 0.1) is 11.3 Å². The quantitative estimate of drug-likeness (QED) is 0.859. The van der Waals surface area contributed by atoms with Crippen LogP contribution in [0.1, 0.15) is 11.1 Å². The monoisotopic (exact) mass is 272 g/mol. The highest BCUT2D eigenvalue weighted by atomic mass is 32.2. The molecule has 2 rings (SSSR count). The zero-order valence-corrected chi connectivity index (χ0v) is 11.1. The number of nitrogens with two attached hydrogens (primary N) is 1. The molecule has 5 nitrogen and oxygen atoms in total. The topological polar surface area (TPSA) is 84.8 Å². The second-order valence-electron chi connectivity index (χ2n) is 3.68. The maximum absolute atomic E-state index is 9.02. The summed E-state index contributed by atoms with van der Waals surface area (Å²) >= 11 is 1.48. The van der Waals surface area contributed by atoms with Crippen molar-refractivity contribution in [2.45, 2.75) is 10.8 Å². The molecule has 0 aliphatic heterocycles. The van der Waals surface area contributed by atoms with E-state index in [1.54, 1.807) is 31.6 Å². The predicted molar refractivity (Wildman–Crippen MR) is 73.7 cm³/mol. The molecule has 0 amide bonds. The van der Waals surface area contributed by atoms with E-state index in [9.17, 15) is 0 Å². The van der Waals surface area contributed by atoms with Crippen LogP contribution in [0.5, 0.6) is 5.75 Å². The Kier molecular flexibility index (Phi) is 4.21. The number of rotatable bonds is 4. The number of nitriles is 1. The Balaban J connectivity index is 2.13. The highest BCUT2D eigenvalue weighted by molar-refractivity contribution is 7.98. The molecule has 6 heteroatoms. The first-order valence-corrected chi connectivity index (χ1v) is 6.49. The molecule has 0 bridgehead atoms. The molecule has 0 saturated carbocycles. The maximum Gasteiger partial charge on any atom is 0.156 e. The third-order valence-electron chi connectivity index (χ3n) is 2.45. The number of thioether (sulfide) groups is 1. The fourth-order valence-electron chi connectivity index (χ4n) is 1.53. The van der Waals surface area contributed by atoms with E-state index in [0.29, 0.717) is 27.9 Å². The first-order valence-electron chi connectivity index (χ1n) is 5.51. The molecule has 2 aromatic rings. The van der Waals surface area contributed by atoms with E-state index in [0.717, 1.165) is 5.56 Å². The molecule has 0 aliphatic carbocycles. The van der Waals surface area contributed by atoms with Crippen molar-refractivity contribution in [3.8, 4) is 11.8 Å². The Morgan fingerprint density at radius 1 is 1.37 bits per heavy atom. The fraction of sp³-hybridized carbons (Fsp3) is 0.154. The van der Waals surface area contributed by atoms with E-state index in [1.165, 1.54) is 11.8 Å². The highest BCUT2D eigenvalue weighted by Crippen LogP contribution is 2.26. The number of nitrogens with zero attached hydrogens (tertiary/aromatic N) is 3. The van der Waals surface area contributed by atoms with Crippen molar-refractivity contribution in [3.63, 3.8) is 0 Å². The van der Waals surface area contributed by atoms with E-state index in [2.05, 4.69) is 16.0 Å². The number of nitrogen functional groups attached to an aromatic ring is 1. The summed E-state index contributed by atoms with van der Waals surface area (Å²) in [5, 5.41) is 9.72. The molecular formula is C13H12N4OS. The van der Waals surface area contributed by atoms with Gasteiger partial charge in [0.2, 0.25) is 0 Å². The lowest BCUT2D eigenvalue weighted by Crippen LogP contribution is -1.95. The third-order valence-corrected chi connectivity index (χ3v) is 3.52. The zero-order chi connectivity index (χ0) is 13.7. The molecule has 0 atom stereocenters. The molecular weight excluding hydrogens is 260 g/mol. The number of ether oxygens (including phenoxy) is 1. The number of aromatic nitrogens is 2. The molecule has 0 saturated heterocycles. The lowest BCUT2D eigenvalue weighted by atomic mass is 10.1. The summed E-state index contributed by atoms with van der Waals surface area (Å²) in [6, 6.07) is 7.62. The summed E-state index contributed by atoms with van der Waals surface area (Å²) in [4.78, 5) is 8.13. The van der Waals surface area contributed by atoms with Crippen LogP contribution in [-0.2, 0) is 5.75 Å². The summed E-state index contributed by atoms with van der Waals surface area (Å²) in [5.41, 5.74) is 7.25. The highest BCUT2D eigenvalue weighted by Gasteiger charge is 2.06. The van der Waals surface area contributed by atoms with Crippen molar-refractivity contribution >= 4 is 17.6 Å². The van der Waals surface area contributed by atoms with E-state index in [4.69, 9.17) is 15.7 Å². The maximum atomic E-state index is 9.02. The largest absolute Gasteiger partial charge is 0.495 e. The van der Waals surface area contributed by atoms with Crippen molar-refractivity contribution < 1.29 is 4.74 Å². The van der Waals surface area contributed by atoms with Gasteiger partial charge in [0, 0.05) is 18.1 Å². The van der Waals surface area contributed by atoms with Crippen LogP contribution >= 0.6 is 11.8 Å². The minimum absolute atomic E-state index is 0.418. The Labute approximate surface area is 115 Å². The molecule has 1 heterocycles. The second-order valence-corrected chi connectivity index (χ2v) is 4.65. The van der Waals surface area contributed by atoms with Gasteiger partial charge in [-0.2, -0.15) is 5.26 Å². The van der Waals surface area contributed by atoms with Crippen LogP contribution in [-0.4, -0.2) is 17.1 Å². The molecule has 1 aromatic heterocycles. The van der Waals surface area contributed by atoms with Gasteiger partial charge in [-0.05, 0) is 17.7 Å². The second kappa shape index (κ2) is 6.07. The minimum Gasteiger partial charge on any atom is -0.495 e. The lowest BCUT2D eigenvalue weighted by Gasteiger charge is -2.06. The fourth-order valence-corrected chi connectivity index (χ4v) is 2.35. The Hall–Kier alpha value is -2.26. The average molecular weight is 272 g/mol. The molecule has 1 aromatic carbocycles. The van der Waals surface area contributed by atoms with Gasteiger partial charge >= 0.3 is 0 Å². The summed E-state index contributed by atoms with van der Waals surface area (Å²) in [5.74, 6) is 1.67. The Bertz CT molecular complexity index is 624. The normalized spacial score (nSPS) is 9.89. The Morgan fingerprint density at radius 2 is 2.16 bits per heavy atom. The molecule has 0 fully saturated rings. The van der Waals surface area contributed by atoms with Gasteiger partial charge < -0.3 is 10.5 Å². The van der Waals surface area contributed by atoms with Gasteiger partial charge in [0.25, 0.3) is 0 Å². The third kappa shape index (κ3) is 3.14. The molecule has 2 N–H and O–H groups in total. The molecule has 0 unspecified atom stereocenters. The van der Waals surface area contributed by atoms with E-state index < -0.39 is 0 Å². The van der Waals surface area contributed by atoms with Gasteiger partial charge in [-0.1, -0.05) is 17.8 Å². The summed E-state index contributed by atoms with van der Waals surface area (Å²) in [6.45, 7) is 0. The van der Waals surface area contributed by atoms with Crippen molar-refractivity contribution in [1.29, 1.82) is 5.26 Å². The first-order chi connectivity index (χ1) is 9.24. The average Bonchev–Trinajstić information content (AvgIpc) is 2.46. The van der Waals surface area contributed by atoms with Crippen LogP contribution in [0.2, 0.25) is 0 Å². The zero-order valence-electron chi connectivity index (χ0n) is 10.3. The van der Waals surface area contributed by atoms with Crippen LogP contribution in [0.15, 0.2) is 35.6 Å². The van der Waals surface area contributed by atoms with Gasteiger partial charge in [-0.25, -0.2) is 9.97 Å². The van der Waals surface area contributed by atoms with Crippen LogP contribution in [0.3, 0.4) is 0 Å². The van der Waals surface area contributed by atoms with Gasteiger partial charge in [0.1, 0.15) is 16.8 Å². The van der Waals surface area contributed by atoms with Crippen molar-refractivity contribution in [2.24, 2.45) is 0 Å². The number of methoxy groups -OCH3 is 1. The molecule has 19 heavy (non-hydrogen) atoms. The van der Waals surface area contributed by atoms with Gasteiger partial charge in [0.15, 0.2) is 5.82 Å². The predicted octanol–water partition coefficient (Wildman–Crippen LogP) is 2.23. The smallest absolute Gasteiger partial charge is 0.156 e. The summed E-state index contributed by atoms with van der Waals surface area (Å²) in [7, 11) is 1.55. The standard InChI is InChI=1S/C13H12N4OS/c1-18-11-3-2-9(6-10(11)7-14)8-19-13-12(15)16-4-5-17-13/h2-6H,8H2,1H3,(H2,15,16).